The Hall–Kier alpha value is -3.00. The van der Waals surface area contributed by atoms with Gasteiger partial charge in [0.1, 0.15) is 0 Å². The summed E-state index contributed by atoms with van der Waals surface area (Å²) in [5, 5.41) is 2.95. The molecule has 0 aliphatic carbocycles. The van der Waals surface area contributed by atoms with Crippen LogP contribution >= 0.6 is 34.5 Å². The third kappa shape index (κ3) is 4.14. The maximum Gasteiger partial charge on any atom is 0.363 e. The highest BCUT2D eigenvalue weighted by Gasteiger charge is 2.25. The molecule has 4 rings (SSSR count). The van der Waals surface area contributed by atoms with Crippen molar-refractivity contribution in [2.45, 2.75) is 6.92 Å². The van der Waals surface area contributed by atoms with E-state index < -0.39 is 5.97 Å². The van der Waals surface area contributed by atoms with Crippen molar-refractivity contribution < 1.29 is 14.3 Å². The normalized spacial score (nSPS) is 14.6. The van der Waals surface area contributed by atoms with Gasteiger partial charge < -0.3 is 4.74 Å². The van der Waals surface area contributed by atoms with Gasteiger partial charge in [-0.1, -0.05) is 41.4 Å². The number of rotatable bonds is 4. The lowest BCUT2D eigenvalue weighted by molar-refractivity contribution is -0.130. The SMILES string of the molecule is CC(=O)N(c1ccccc1)c1nc(/C=C2/N=C(c3ccc(Cl)c(Cl)c3)OC2=O)cs1. The first kappa shape index (κ1) is 20.3. The van der Waals surface area contributed by atoms with Crippen molar-refractivity contribution in [3.8, 4) is 0 Å². The fourth-order valence-electron chi connectivity index (χ4n) is 2.75. The van der Waals surface area contributed by atoms with Crippen LogP contribution in [0.15, 0.2) is 64.6 Å². The second kappa shape index (κ2) is 8.39. The van der Waals surface area contributed by atoms with Crippen LogP contribution in [-0.4, -0.2) is 22.8 Å². The molecule has 0 unspecified atom stereocenters. The number of esters is 1. The van der Waals surface area contributed by atoms with Gasteiger partial charge in [-0.2, -0.15) is 0 Å². The first-order valence-electron chi connectivity index (χ1n) is 8.71. The fourth-order valence-corrected chi connectivity index (χ4v) is 3.89. The van der Waals surface area contributed by atoms with Gasteiger partial charge in [-0.15, -0.1) is 11.3 Å². The van der Waals surface area contributed by atoms with Gasteiger partial charge in [-0.3, -0.25) is 9.69 Å². The molecule has 9 heteroatoms. The molecule has 1 aliphatic heterocycles. The molecule has 2 heterocycles. The molecule has 0 radical (unpaired) electrons. The minimum absolute atomic E-state index is 0.0991. The van der Waals surface area contributed by atoms with Gasteiger partial charge >= 0.3 is 5.97 Å². The Balaban J connectivity index is 1.63. The average Bonchev–Trinajstić information content (AvgIpc) is 3.32. The summed E-state index contributed by atoms with van der Waals surface area (Å²) in [6.07, 6.45) is 1.51. The first-order valence-corrected chi connectivity index (χ1v) is 10.3. The van der Waals surface area contributed by atoms with E-state index in [9.17, 15) is 9.59 Å². The average molecular weight is 458 g/mol. The van der Waals surface area contributed by atoms with Crippen molar-refractivity contribution in [3.05, 3.63) is 80.9 Å². The monoisotopic (exact) mass is 457 g/mol. The Bertz CT molecular complexity index is 1210. The van der Waals surface area contributed by atoms with E-state index in [0.717, 1.165) is 0 Å². The summed E-state index contributed by atoms with van der Waals surface area (Å²) in [6, 6.07) is 14.0. The van der Waals surface area contributed by atoms with E-state index in [2.05, 4.69) is 9.98 Å². The molecule has 0 fully saturated rings. The van der Waals surface area contributed by atoms with Crippen LogP contribution in [0.5, 0.6) is 0 Å². The summed E-state index contributed by atoms with van der Waals surface area (Å²) >= 11 is 13.2. The molecule has 0 spiro atoms. The lowest BCUT2D eigenvalue weighted by atomic mass is 10.2. The highest BCUT2D eigenvalue weighted by molar-refractivity contribution is 7.14. The highest BCUT2D eigenvalue weighted by Crippen LogP contribution is 2.30. The number of thiazole rings is 1. The summed E-state index contributed by atoms with van der Waals surface area (Å²) in [5.41, 5.74) is 1.83. The second-order valence-electron chi connectivity index (χ2n) is 6.21. The van der Waals surface area contributed by atoms with Crippen LogP contribution in [0.1, 0.15) is 18.2 Å². The van der Waals surface area contributed by atoms with E-state index in [1.165, 1.54) is 29.2 Å². The lowest BCUT2D eigenvalue weighted by Crippen LogP contribution is -2.22. The van der Waals surface area contributed by atoms with E-state index in [4.69, 9.17) is 27.9 Å². The molecule has 1 aromatic heterocycles. The predicted molar refractivity (Wildman–Crippen MR) is 118 cm³/mol. The van der Waals surface area contributed by atoms with Gasteiger partial charge in [-0.05, 0) is 36.4 Å². The molecule has 150 valence electrons. The van der Waals surface area contributed by atoms with E-state index in [0.29, 0.717) is 32.1 Å². The van der Waals surface area contributed by atoms with Crippen LogP contribution in [0.25, 0.3) is 6.08 Å². The zero-order chi connectivity index (χ0) is 21.3. The molecule has 0 N–H and O–H groups in total. The third-order valence-corrected chi connectivity index (χ3v) is 5.69. The number of amides is 1. The number of benzene rings is 2. The topological polar surface area (TPSA) is 71.9 Å². The zero-order valence-electron chi connectivity index (χ0n) is 15.5. The maximum absolute atomic E-state index is 12.2. The number of carbonyl (C=O) groups excluding carboxylic acids is 2. The van der Waals surface area contributed by atoms with Crippen molar-refractivity contribution >= 4 is 69.2 Å². The van der Waals surface area contributed by atoms with Gasteiger partial charge in [0, 0.05) is 17.9 Å². The largest absolute Gasteiger partial charge is 0.402 e. The van der Waals surface area contributed by atoms with Crippen molar-refractivity contribution in [3.63, 3.8) is 0 Å². The van der Waals surface area contributed by atoms with Crippen LogP contribution in [-0.2, 0) is 14.3 Å². The lowest BCUT2D eigenvalue weighted by Gasteiger charge is -2.17. The maximum atomic E-state index is 12.2. The number of halogens is 2. The van der Waals surface area contributed by atoms with Crippen molar-refractivity contribution in [1.29, 1.82) is 0 Å². The molecular weight excluding hydrogens is 445 g/mol. The molecule has 0 bridgehead atoms. The molecule has 2 aromatic carbocycles. The van der Waals surface area contributed by atoms with Gasteiger partial charge in [-0.25, -0.2) is 14.8 Å². The minimum Gasteiger partial charge on any atom is -0.402 e. The summed E-state index contributed by atoms with van der Waals surface area (Å²) in [5.74, 6) is -0.637. The molecule has 30 heavy (non-hydrogen) atoms. The number of aromatic nitrogens is 1. The molecule has 0 saturated carbocycles. The van der Waals surface area contributed by atoms with Crippen LogP contribution in [0.3, 0.4) is 0 Å². The summed E-state index contributed by atoms with van der Waals surface area (Å²) in [6.45, 7) is 1.47. The first-order chi connectivity index (χ1) is 14.4. The number of aliphatic imine (C=N–C) groups is 1. The van der Waals surface area contributed by atoms with Crippen LogP contribution in [0.2, 0.25) is 10.0 Å². The van der Waals surface area contributed by atoms with Gasteiger partial charge in [0.05, 0.1) is 21.4 Å². The van der Waals surface area contributed by atoms with E-state index >= 15 is 0 Å². The summed E-state index contributed by atoms with van der Waals surface area (Å²) in [7, 11) is 0. The Morgan fingerprint density at radius 1 is 1.13 bits per heavy atom. The molecule has 1 amide bonds. The Morgan fingerprint density at radius 3 is 2.60 bits per heavy atom. The van der Waals surface area contributed by atoms with Crippen molar-refractivity contribution in [1.82, 2.24) is 4.98 Å². The molecule has 1 aliphatic rings. The number of carbonyl (C=O) groups is 2. The van der Waals surface area contributed by atoms with Crippen molar-refractivity contribution in [2.24, 2.45) is 4.99 Å². The molecular formula is C21H13Cl2N3O3S. The van der Waals surface area contributed by atoms with E-state index in [-0.39, 0.29) is 17.5 Å². The van der Waals surface area contributed by atoms with Crippen LogP contribution < -0.4 is 4.90 Å². The van der Waals surface area contributed by atoms with E-state index in [1.807, 2.05) is 30.3 Å². The summed E-state index contributed by atoms with van der Waals surface area (Å²) < 4.78 is 5.24. The number of hydrogen-bond acceptors (Lipinski definition) is 6. The zero-order valence-corrected chi connectivity index (χ0v) is 17.8. The standard InChI is InChI=1S/C21H13Cl2N3O3S/c1-12(27)26(15-5-3-2-4-6-15)21-24-14(11-30-21)10-18-20(28)29-19(25-18)13-7-8-16(22)17(23)9-13/h2-11H,1H3/b18-10+. The van der Waals surface area contributed by atoms with Gasteiger partial charge in [0.25, 0.3) is 0 Å². The number of anilines is 2. The van der Waals surface area contributed by atoms with Crippen LogP contribution in [0.4, 0.5) is 10.8 Å². The molecule has 6 nitrogen and oxygen atoms in total. The number of nitrogens with zero attached hydrogens (tertiary/aromatic N) is 3. The third-order valence-electron chi connectivity index (χ3n) is 4.10. The number of ether oxygens (including phenoxy) is 1. The van der Waals surface area contributed by atoms with Crippen molar-refractivity contribution in [2.75, 3.05) is 4.90 Å². The number of cyclic esters (lactones) is 1. The molecule has 3 aromatic rings. The highest BCUT2D eigenvalue weighted by atomic mass is 35.5. The minimum atomic E-state index is -0.600. The smallest absolute Gasteiger partial charge is 0.363 e. The molecule has 0 atom stereocenters. The fraction of sp³-hybridized carbons (Fsp3) is 0.0476. The summed E-state index contributed by atoms with van der Waals surface area (Å²) in [4.78, 5) is 34.6. The predicted octanol–water partition coefficient (Wildman–Crippen LogP) is 5.48. The number of para-hydroxylation sites is 1. The quantitative estimate of drug-likeness (QED) is 0.384. The van der Waals surface area contributed by atoms with Crippen LogP contribution in [0, 0.1) is 0 Å². The molecule has 0 saturated heterocycles. The Morgan fingerprint density at radius 2 is 1.90 bits per heavy atom. The second-order valence-corrected chi connectivity index (χ2v) is 7.86. The van der Waals surface area contributed by atoms with E-state index in [1.54, 1.807) is 23.6 Å². The van der Waals surface area contributed by atoms with Gasteiger partial charge in [0.15, 0.2) is 10.8 Å². The van der Waals surface area contributed by atoms with Gasteiger partial charge in [0.2, 0.25) is 11.8 Å². The Labute approximate surface area is 186 Å². The Kier molecular flexibility index (Phi) is 5.67. The number of hydrogen-bond donors (Lipinski definition) is 0.